The molecule has 17 heavy (non-hydrogen) atoms. The fourth-order valence-corrected chi connectivity index (χ4v) is 2.62. The monoisotopic (exact) mass is 234 g/mol. The molecule has 0 unspecified atom stereocenters. The van der Waals surface area contributed by atoms with Gasteiger partial charge in [0.1, 0.15) is 0 Å². The maximum atomic E-state index is 9.26. The maximum absolute atomic E-state index is 9.26. The van der Waals surface area contributed by atoms with Crippen molar-refractivity contribution < 1.29 is 5.11 Å². The van der Waals surface area contributed by atoms with Gasteiger partial charge in [0.15, 0.2) is 0 Å². The van der Waals surface area contributed by atoms with Crippen LogP contribution in [0.5, 0.6) is 0 Å². The van der Waals surface area contributed by atoms with Gasteiger partial charge in [-0.05, 0) is 31.4 Å². The Morgan fingerprint density at radius 1 is 1.35 bits per heavy atom. The van der Waals surface area contributed by atoms with Crippen LogP contribution < -0.4 is 5.73 Å². The summed E-state index contributed by atoms with van der Waals surface area (Å²) in [5.41, 5.74) is 7.47. The molecule has 3 heteroatoms. The predicted octanol–water partition coefficient (Wildman–Crippen LogP) is 1.01. The van der Waals surface area contributed by atoms with E-state index in [4.69, 9.17) is 5.73 Å². The van der Waals surface area contributed by atoms with E-state index in [0.717, 1.165) is 25.9 Å². The third-order valence-electron chi connectivity index (χ3n) is 3.52. The number of aliphatic hydroxyl groups excluding tert-OH is 1. The molecule has 1 aromatic rings. The summed E-state index contributed by atoms with van der Waals surface area (Å²) in [6.07, 6.45) is 3.20. The molecule has 3 N–H and O–H groups in total. The molecule has 1 fully saturated rings. The molecule has 3 nitrogen and oxygen atoms in total. The Kier molecular flexibility index (Phi) is 4.54. The predicted molar refractivity (Wildman–Crippen MR) is 69.8 cm³/mol. The third kappa shape index (κ3) is 3.53. The summed E-state index contributed by atoms with van der Waals surface area (Å²) in [5, 5.41) is 9.26. The SMILES string of the molecule is N[C@@H](Cc1ccccc1)CN1CCC[C@H]1CO. The highest BCUT2D eigenvalue weighted by molar-refractivity contribution is 5.15. The van der Waals surface area contributed by atoms with E-state index < -0.39 is 0 Å². The van der Waals surface area contributed by atoms with Gasteiger partial charge in [0, 0.05) is 18.6 Å². The first-order chi connectivity index (χ1) is 8.29. The number of rotatable bonds is 5. The van der Waals surface area contributed by atoms with Crippen LogP contribution in [-0.2, 0) is 6.42 Å². The van der Waals surface area contributed by atoms with Crippen LogP contribution in [-0.4, -0.2) is 41.8 Å². The molecule has 0 aromatic heterocycles. The minimum absolute atomic E-state index is 0.157. The fraction of sp³-hybridized carbons (Fsp3) is 0.571. The van der Waals surface area contributed by atoms with Gasteiger partial charge in [0.2, 0.25) is 0 Å². The molecule has 0 radical (unpaired) electrons. The van der Waals surface area contributed by atoms with E-state index in [1.165, 1.54) is 12.0 Å². The highest BCUT2D eigenvalue weighted by Gasteiger charge is 2.24. The van der Waals surface area contributed by atoms with E-state index in [1.807, 2.05) is 6.07 Å². The van der Waals surface area contributed by atoms with Crippen LogP contribution in [0.2, 0.25) is 0 Å². The van der Waals surface area contributed by atoms with E-state index in [9.17, 15) is 5.11 Å². The molecule has 0 amide bonds. The van der Waals surface area contributed by atoms with Gasteiger partial charge in [-0.2, -0.15) is 0 Å². The van der Waals surface area contributed by atoms with Crippen molar-refractivity contribution in [2.45, 2.75) is 31.3 Å². The van der Waals surface area contributed by atoms with Crippen molar-refractivity contribution in [1.29, 1.82) is 0 Å². The van der Waals surface area contributed by atoms with Crippen LogP contribution in [0.15, 0.2) is 30.3 Å². The van der Waals surface area contributed by atoms with Crippen molar-refractivity contribution >= 4 is 0 Å². The first-order valence-corrected chi connectivity index (χ1v) is 6.44. The van der Waals surface area contributed by atoms with Crippen molar-refractivity contribution in [3.05, 3.63) is 35.9 Å². The lowest BCUT2D eigenvalue weighted by molar-refractivity contribution is 0.152. The Morgan fingerprint density at radius 3 is 2.82 bits per heavy atom. The summed E-state index contributed by atoms with van der Waals surface area (Å²) in [4.78, 5) is 2.33. The number of nitrogens with zero attached hydrogens (tertiary/aromatic N) is 1. The number of benzene rings is 1. The molecule has 1 aliphatic rings. The maximum Gasteiger partial charge on any atom is 0.0586 e. The van der Waals surface area contributed by atoms with Gasteiger partial charge in [-0.25, -0.2) is 0 Å². The summed E-state index contributed by atoms with van der Waals surface area (Å²) < 4.78 is 0. The second kappa shape index (κ2) is 6.15. The third-order valence-corrected chi connectivity index (χ3v) is 3.52. The lowest BCUT2D eigenvalue weighted by Gasteiger charge is -2.26. The van der Waals surface area contributed by atoms with E-state index >= 15 is 0 Å². The topological polar surface area (TPSA) is 49.5 Å². The van der Waals surface area contributed by atoms with Crippen LogP contribution in [0.25, 0.3) is 0 Å². The molecule has 94 valence electrons. The highest BCUT2D eigenvalue weighted by atomic mass is 16.3. The summed E-state index contributed by atoms with van der Waals surface area (Å²) >= 11 is 0. The van der Waals surface area contributed by atoms with Gasteiger partial charge in [-0.15, -0.1) is 0 Å². The largest absolute Gasteiger partial charge is 0.395 e. The summed E-state index contributed by atoms with van der Waals surface area (Å²) in [7, 11) is 0. The molecule has 2 atom stereocenters. The highest BCUT2D eigenvalue weighted by Crippen LogP contribution is 2.17. The quantitative estimate of drug-likeness (QED) is 0.799. The Labute approximate surface area is 103 Å². The molecular formula is C14H22N2O. The van der Waals surface area contributed by atoms with Gasteiger partial charge in [-0.3, -0.25) is 4.90 Å². The van der Waals surface area contributed by atoms with Gasteiger partial charge in [0.05, 0.1) is 6.61 Å². The van der Waals surface area contributed by atoms with Crippen LogP contribution >= 0.6 is 0 Å². The van der Waals surface area contributed by atoms with Crippen LogP contribution in [0.3, 0.4) is 0 Å². The van der Waals surface area contributed by atoms with Gasteiger partial charge < -0.3 is 10.8 Å². The number of hydrogen-bond acceptors (Lipinski definition) is 3. The molecule has 1 aromatic carbocycles. The molecular weight excluding hydrogens is 212 g/mol. The second-order valence-corrected chi connectivity index (χ2v) is 4.92. The van der Waals surface area contributed by atoms with E-state index in [2.05, 4.69) is 29.2 Å². The van der Waals surface area contributed by atoms with Crippen molar-refractivity contribution in [3.8, 4) is 0 Å². The number of hydrogen-bond donors (Lipinski definition) is 2. The molecule has 0 aliphatic carbocycles. The minimum Gasteiger partial charge on any atom is -0.395 e. The number of likely N-dealkylation sites (tertiary alicyclic amines) is 1. The second-order valence-electron chi connectivity index (χ2n) is 4.92. The smallest absolute Gasteiger partial charge is 0.0586 e. The fourth-order valence-electron chi connectivity index (χ4n) is 2.62. The first kappa shape index (κ1) is 12.6. The van der Waals surface area contributed by atoms with Crippen molar-refractivity contribution in [2.75, 3.05) is 19.7 Å². The molecule has 0 spiro atoms. The summed E-state index contributed by atoms with van der Waals surface area (Å²) in [5.74, 6) is 0. The zero-order chi connectivity index (χ0) is 12.1. The van der Waals surface area contributed by atoms with Crippen LogP contribution in [0.4, 0.5) is 0 Å². The van der Waals surface area contributed by atoms with E-state index in [1.54, 1.807) is 0 Å². The van der Waals surface area contributed by atoms with Crippen LogP contribution in [0, 0.1) is 0 Å². The van der Waals surface area contributed by atoms with Gasteiger partial charge in [0.25, 0.3) is 0 Å². The van der Waals surface area contributed by atoms with E-state index in [0.29, 0.717) is 6.04 Å². The molecule has 0 saturated carbocycles. The Balaban J connectivity index is 1.83. The van der Waals surface area contributed by atoms with Gasteiger partial charge in [-0.1, -0.05) is 30.3 Å². The zero-order valence-electron chi connectivity index (χ0n) is 10.3. The molecule has 2 rings (SSSR count). The minimum atomic E-state index is 0.157. The van der Waals surface area contributed by atoms with Crippen molar-refractivity contribution in [2.24, 2.45) is 5.73 Å². The number of nitrogens with two attached hydrogens (primary N) is 1. The lowest BCUT2D eigenvalue weighted by Crippen LogP contribution is -2.42. The average molecular weight is 234 g/mol. The summed E-state index contributed by atoms with van der Waals surface area (Å²) in [6.45, 7) is 2.23. The van der Waals surface area contributed by atoms with Crippen molar-refractivity contribution in [1.82, 2.24) is 4.90 Å². The molecule has 0 bridgehead atoms. The Morgan fingerprint density at radius 2 is 2.12 bits per heavy atom. The van der Waals surface area contributed by atoms with E-state index in [-0.39, 0.29) is 12.6 Å². The van der Waals surface area contributed by atoms with Crippen molar-refractivity contribution in [3.63, 3.8) is 0 Å². The van der Waals surface area contributed by atoms with Crippen LogP contribution in [0.1, 0.15) is 18.4 Å². The normalized spacial score (nSPS) is 22.8. The molecule has 1 saturated heterocycles. The Hall–Kier alpha value is -0.900. The molecule has 1 aliphatic heterocycles. The van der Waals surface area contributed by atoms with Gasteiger partial charge >= 0.3 is 0 Å². The molecule has 1 heterocycles. The average Bonchev–Trinajstić information content (AvgIpc) is 2.77. The zero-order valence-corrected chi connectivity index (χ0v) is 10.3. The first-order valence-electron chi connectivity index (χ1n) is 6.44. The lowest BCUT2D eigenvalue weighted by atomic mass is 10.1. The Bertz CT molecular complexity index is 328. The summed E-state index contributed by atoms with van der Waals surface area (Å²) in [6, 6.07) is 10.8. The number of aliphatic hydroxyl groups is 1. The standard InChI is InChI=1S/C14H22N2O/c15-13(9-12-5-2-1-3-6-12)10-16-8-4-7-14(16)11-17/h1-3,5-6,13-14,17H,4,7-11,15H2/t13-,14-/m0/s1.